The number of hydrogen-bond acceptors (Lipinski definition) is 3. The molecule has 1 aliphatic heterocycles. The van der Waals surface area contributed by atoms with Crippen LogP contribution in [0.15, 0.2) is 36.4 Å². The zero-order valence-corrected chi connectivity index (χ0v) is 12.5. The van der Waals surface area contributed by atoms with Crippen molar-refractivity contribution < 1.29 is 9.53 Å². The van der Waals surface area contributed by atoms with Gasteiger partial charge >= 0.3 is 0 Å². The average molecular weight is 303 g/mol. The van der Waals surface area contributed by atoms with Crippen molar-refractivity contribution in [3.63, 3.8) is 0 Å². The summed E-state index contributed by atoms with van der Waals surface area (Å²) in [5.74, 6) is 1.32. The van der Waals surface area contributed by atoms with E-state index in [2.05, 4.69) is 10.6 Å². The number of carbonyl (C=O) groups is 1. The molecule has 2 N–H and O–H groups in total. The number of rotatable bonds is 3. The molecule has 2 aromatic rings. The summed E-state index contributed by atoms with van der Waals surface area (Å²) in [6, 6.07) is 10.8. The van der Waals surface area contributed by atoms with Crippen LogP contribution in [0.25, 0.3) is 0 Å². The first-order valence-corrected chi connectivity index (χ1v) is 7.02. The van der Waals surface area contributed by atoms with Gasteiger partial charge in [0.25, 0.3) is 0 Å². The lowest BCUT2D eigenvalue weighted by Gasteiger charge is -2.11. The van der Waals surface area contributed by atoms with Gasteiger partial charge in [0.05, 0.1) is 0 Å². The Balaban J connectivity index is 1.90. The Kier molecular flexibility index (Phi) is 3.57. The molecular formula is C16H15ClN2O2. The molecule has 108 valence electrons. The monoisotopic (exact) mass is 302 g/mol. The predicted octanol–water partition coefficient (Wildman–Crippen LogP) is 3.65. The average Bonchev–Trinajstić information content (AvgIpc) is 2.77. The maximum absolute atomic E-state index is 11.8. The molecule has 1 amide bonds. The second-order valence-corrected chi connectivity index (χ2v) is 5.41. The minimum absolute atomic E-state index is 0.0522. The van der Waals surface area contributed by atoms with E-state index in [0.717, 1.165) is 16.8 Å². The molecule has 0 fully saturated rings. The summed E-state index contributed by atoms with van der Waals surface area (Å²) in [5, 5.41) is 6.45. The fourth-order valence-corrected chi connectivity index (χ4v) is 2.56. The van der Waals surface area contributed by atoms with Crippen molar-refractivity contribution in [1.82, 2.24) is 5.32 Å². The van der Waals surface area contributed by atoms with Gasteiger partial charge in [0.2, 0.25) is 5.91 Å². The fraction of sp³-hybridized carbons (Fsp3) is 0.188. The number of fused-ring (bicyclic) bond motifs is 1. The zero-order valence-electron chi connectivity index (χ0n) is 11.7. The van der Waals surface area contributed by atoms with E-state index in [-0.39, 0.29) is 11.9 Å². The highest BCUT2D eigenvalue weighted by Gasteiger charge is 2.29. The number of likely N-dealkylation sites (N-methyl/N-ethyl adjacent to an activating group) is 1. The lowest BCUT2D eigenvalue weighted by atomic mass is 10.1. The molecule has 4 nitrogen and oxygen atoms in total. The normalized spacial score (nSPS) is 16.5. The summed E-state index contributed by atoms with van der Waals surface area (Å²) in [7, 11) is 1.76. The Labute approximate surface area is 128 Å². The van der Waals surface area contributed by atoms with Gasteiger partial charge in [0, 0.05) is 22.3 Å². The third-order valence-electron chi connectivity index (χ3n) is 3.52. The molecule has 1 unspecified atom stereocenters. The molecule has 0 bridgehead atoms. The predicted molar refractivity (Wildman–Crippen MR) is 83.1 cm³/mol. The van der Waals surface area contributed by atoms with Crippen LogP contribution in [0.1, 0.15) is 17.2 Å². The second kappa shape index (κ2) is 5.39. The van der Waals surface area contributed by atoms with Crippen LogP contribution in [0.3, 0.4) is 0 Å². The van der Waals surface area contributed by atoms with Crippen molar-refractivity contribution in [1.29, 1.82) is 0 Å². The number of carbonyl (C=O) groups excluding carboxylic acids is 1. The number of halogens is 1. The summed E-state index contributed by atoms with van der Waals surface area (Å²) >= 11 is 5.99. The third kappa shape index (κ3) is 2.60. The highest BCUT2D eigenvalue weighted by atomic mass is 35.5. The minimum atomic E-state index is -0.304. The molecule has 2 aromatic carbocycles. The quantitative estimate of drug-likeness (QED) is 0.910. The summed E-state index contributed by atoms with van der Waals surface area (Å²) in [5.41, 5.74) is 2.70. The largest absolute Gasteiger partial charge is 0.457 e. The minimum Gasteiger partial charge on any atom is -0.457 e. The Morgan fingerprint density at radius 2 is 2.05 bits per heavy atom. The van der Waals surface area contributed by atoms with Gasteiger partial charge in [0.1, 0.15) is 17.5 Å². The van der Waals surface area contributed by atoms with E-state index in [9.17, 15) is 4.79 Å². The van der Waals surface area contributed by atoms with Gasteiger partial charge in [-0.1, -0.05) is 23.7 Å². The second-order valence-electron chi connectivity index (χ2n) is 4.97. The molecule has 3 rings (SSSR count). The van der Waals surface area contributed by atoms with Crippen LogP contribution >= 0.6 is 11.6 Å². The van der Waals surface area contributed by atoms with Gasteiger partial charge < -0.3 is 15.4 Å². The lowest BCUT2D eigenvalue weighted by Crippen LogP contribution is -2.23. The summed E-state index contributed by atoms with van der Waals surface area (Å²) in [6.45, 7) is 1.96. The molecule has 0 radical (unpaired) electrons. The molecule has 21 heavy (non-hydrogen) atoms. The molecule has 0 saturated carbocycles. The summed E-state index contributed by atoms with van der Waals surface area (Å²) < 4.78 is 5.86. The molecule has 1 heterocycles. The number of nitrogens with one attached hydrogen (secondary N) is 2. The van der Waals surface area contributed by atoms with E-state index < -0.39 is 0 Å². The zero-order chi connectivity index (χ0) is 15.0. The maximum atomic E-state index is 11.8. The Hall–Kier alpha value is -2.04. The van der Waals surface area contributed by atoms with Crippen LogP contribution in [-0.2, 0) is 4.79 Å². The van der Waals surface area contributed by atoms with Gasteiger partial charge in [-0.15, -0.1) is 0 Å². The molecule has 0 saturated heterocycles. The number of anilines is 1. The van der Waals surface area contributed by atoms with Crippen molar-refractivity contribution >= 4 is 23.2 Å². The molecule has 1 atom stereocenters. The van der Waals surface area contributed by atoms with Gasteiger partial charge in [-0.05, 0) is 37.7 Å². The summed E-state index contributed by atoms with van der Waals surface area (Å²) in [6.07, 6.45) is 0. The highest BCUT2D eigenvalue weighted by Crippen LogP contribution is 2.36. The van der Waals surface area contributed by atoms with Crippen LogP contribution in [0, 0.1) is 6.92 Å². The number of amides is 1. The van der Waals surface area contributed by atoms with E-state index in [1.165, 1.54) is 0 Å². The van der Waals surface area contributed by atoms with E-state index in [1.807, 2.05) is 37.3 Å². The number of ether oxygens (including phenoxy) is 1. The van der Waals surface area contributed by atoms with Gasteiger partial charge in [-0.2, -0.15) is 0 Å². The van der Waals surface area contributed by atoms with Crippen LogP contribution in [-0.4, -0.2) is 13.0 Å². The topological polar surface area (TPSA) is 50.4 Å². The van der Waals surface area contributed by atoms with Crippen molar-refractivity contribution in [3.05, 3.63) is 52.5 Å². The molecule has 5 heteroatoms. The lowest BCUT2D eigenvalue weighted by molar-refractivity contribution is -0.117. The fourth-order valence-electron chi connectivity index (χ4n) is 2.40. The number of benzene rings is 2. The molecule has 1 aliphatic rings. The Morgan fingerprint density at radius 3 is 2.81 bits per heavy atom. The van der Waals surface area contributed by atoms with Crippen LogP contribution in [0.5, 0.6) is 11.5 Å². The molecular weight excluding hydrogens is 288 g/mol. The van der Waals surface area contributed by atoms with E-state index in [1.54, 1.807) is 13.1 Å². The van der Waals surface area contributed by atoms with Crippen LogP contribution < -0.4 is 15.4 Å². The number of hydrogen-bond donors (Lipinski definition) is 2. The molecule has 0 spiro atoms. The smallest absolute Gasteiger partial charge is 0.246 e. The van der Waals surface area contributed by atoms with Gasteiger partial charge in [-0.3, -0.25) is 4.79 Å². The Bertz CT molecular complexity index is 715. The van der Waals surface area contributed by atoms with Gasteiger partial charge in [-0.25, -0.2) is 0 Å². The third-order valence-corrected chi connectivity index (χ3v) is 3.76. The first-order valence-electron chi connectivity index (χ1n) is 6.64. The number of aryl methyl sites for hydroxylation is 1. The first kappa shape index (κ1) is 13.9. The van der Waals surface area contributed by atoms with Crippen molar-refractivity contribution in [2.45, 2.75) is 13.0 Å². The van der Waals surface area contributed by atoms with Crippen LogP contribution in [0.4, 0.5) is 5.69 Å². The molecule has 0 aliphatic carbocycles. The molecule has 0 aromatic heterocycles. The summed E-state index contributed by atoms with van der Waals surface area (Å²) in [4.78, 5) is 11.8. The van der Waals surface area contributed by atoms with E-state index in [4.69, 9.17) is 16.3 Å². The van der Waals surface area contributed by atoms with Crippen molar-refractivity contribution in [2.75, 3.05) is 12.4 Å². The van der Waals surface area contributed by atoms with Gasteiger partial charge in [0.15, 0.2) is 0 Å². The SMILES string of the molecule is CNC1C(=O)Nc2cc(Oc3cc(Cl)ccc3C)ccc21. The highest BCUT2D eigenvalue weighted by molar-refractivity contribution is 6.30. The van der Waals surface area contributed by atoms with E-state index in [0.29, 0.717) is 16.5 Å². The van der Waals surface area contributed by atoms with Crippen LogP contribution in [0.2, 0.25) is 5.02 Å². The first-order chi connectivity index (χ1) is 10.1. The standard InChI is InChI=1S/C16H15ClN2O2/c1-9-3-4-10(17)7-14(9)21-11-5-6-12-13(8-11)19-16(20)15(12)18-2/h3-8,15,18H,1-2H3,(H,19,20). The van der Waals surface area contributed by atoms with E-state index >= 15 is 0 Å². The maximum Gasteiger partial charge on any atom is 0.246 e. The van der Waals surface area contributed by atoms with Crippen molar-refractivity contribution in [3.8, 4) is 11.5 Å². The van der Waals surface area contributed by atoms with Crippen molar-refractivity contribution in [2.24, 2.45) is 0 Å². The Morgan fingerprint density at radius 1 is 1.24 bits per heavy atom.